The van der Waals surface area contributed by atoms with Crippen LogP contribution in [0.3, 0.4) is 0 Å². The number of thioether (sulfide) groups is 1. The molecule has 1 aliphatic rings. The molecule has 0 bridgehead atoms. The van der Waals surface area contributed by atoms with E-state index in [1.807, 2.05) is 18.2 Å². The molecule has 1 aliphatic heterocycles. The van der Waals surface area contributed by atoms with Crippen molar-refractivity contribution in [3.8, 4) is 0 Å². The lowest BCUT2D eigenvalue weighted by molar-refractivity contribution is -0.123. The quantitative estimate of drug-likeness (QED) is 0.614. The Morgan fingerprint density at radius 2 is 2.26 bits per heavy atom. The SMILES string of the molecule is C=CCSCCNC(=O)[C@H]1Cc2ccccc2CN1. The van der Waals surface area contributed by atoms with Crippen molar-refractivity contribution in [2.45, 2.75) is 19.0 Å². The summed E-state index contributed by atoms with van der Waals surface area (Å²) in [6, 6.07) is 8.20. The van der Waals surface area contributed by atoms with Gasteiger partial charge in [-0.15, -0.1) is 6.58 Å². The number of benzene rings is 1. The highest BCUT2D eigenvalue weighted by Crippen LogP contribution is 2.16. The first-order valence-corrected chi connectivity index (χ1v) is 7.73. The number of fused-ring (bicyclic) bond motifs is 1. The summed E-state index contributed by atoms with van der Waals surface area (Å²) in [7, 11) is 0. The third-order valence-corrected chi connectivity index (χ3v) is 4.14. The van der Waals surface area contributed by atoms with Crippen LogP contribution in [-0.2, 0) is 17.8 Å². The molecule has 1 amide bonds. The normalized spacial score (nSPS) is 17.6. The maximum absolute atomic E-state index is 12.0. The molecule has 1 aromatic rings. The van der Waals surface area contributed by atoms with Crippen molar-refractivity contribution in [2.75, 3.05) is 18.1 Å². The van der Waals surface area contributed by atoms with Gasteiger partial charge in [-0.2, -0.15) is 11.8 Å². The molecule has 102 valence electrons. The van der Waals surface area contributed by atoms with Crippen LogP contribution in [0.1, 0.15) is 11.1 Å². The number of hydrogen-bond acceptors (Lipinski definition) is 3. The first-order chi connectivity index (χ1) is 9.31. The zero-order valence-electron chi connectivity index (χ0n) is 11.0. The van der Waals surface area contributed by atoms with E-state index >= 15 is 0 Å². The fraction of sp³-hybridized carbons (Fsp3) is 0.400. The van der Waals surface area contributed by atoms with Gasteiger partial charge in [0.25, 0.3) is 0 Å². The lowest BCUT2D eigenvalue weighted by atomic mass is 9.95. The van der Waals surface area contributed by atoms with E-state index in [9.17, 15) is 4.79 Å². The second kappa shape index (κ2) is 7.36. The summed E-state index contributed by atoms with van der Waals surface area (Å²) in [5.74, 6) is 1.97. The summed E-state index contributed by atoms with van der Waals surface area (Å²) in [6.07, 6.45) is 2.66. The minimum Gasteiger partial charge on any atom is -0.354 e. The predicted molar refractivity (Wildman–Crippen MR) is 81.3 cm³/mol. The van der Waals surface area contributed by atoms with Crippen LogP contribution in [-0.4, -0.2) is 30.0 Å². The van der Waals surface area contributed by atoms with Crippen LogP contribution in [0, 0.1) is 0 Å². The van der Waals surface area contributed by atoms with Gasteiger partial charge in [-0.05, 0) is 17.5 Å². The highest BCUT2D eigenvalue weighted by Gasteiger charge is 2.23. The van der Waals surface area contributed by atoms with Crippen molar-refractivity contribution in [1.29, 1.82) is 0 Å². The standard InChI is InChI=1S/C15H20N2OS/c1-2-8-19-9-7-16-15(18)14-10-12-5-3-4-6-13(12)11-17-14/h2-6,14,17H,1,7-11H2,(H,16,18)/t14-/m1/s1. The zero-order valence-corrected chi connectivity index (χ0v) is 11.8. The maximum Gasteiger partial charge on any atom is 0.237 e. The molecular formula is C15H20N2OS. The molecule has 4 heteroatoms. The predicted octanol–water partition coefficient (Wildman–Crippen LogP) is 1.74. The van der Waals surface area contributed by atoms with Gasteiger partial charge in [-0.1, -0.05) is 30.3 Å². The van der Waals surface area contributed by atoms with Gasteiger partial charge in [0, 0.05) is 24.6 Å². The number of hydrogen-bond donors (Lipinski definition) is 2. The third kappa shape index (κ3) is 4.11. The fourth-order valence-electron chi connectivity index (χ4n) is 2.18. The summed E-state index contributed by atoms with van der Waals surface area (Å²) < 4.78 is 0. The van der Waals surface area contributed by atoms with E-state index in [1.54, 1.807) is 11.8 Å². The van der Waals surface area contributed by atoms with Gasteiger partial charge in [0.2, 0.25) is 5.91 Å². The van der Waals surface area contributed by atoms with Gasteiger partial charge in [-0.3, -0.25) is 4.79 Å². The number of amides is 1. The van der Waals surface area contributed by atoms with Gasteiger partial charge in [-0.25, -0.2) is 0 Å². The van der Waals surface area contributed by atoms with Crippen molar-refractivity contribution in [3.63, 3.8) is 0 Å². The number of carbonyl (C=O) groups is 1. The molecule has 3 nitrogen and oxygen atoms in total. The van der Waals surface area contributed by atoms with Gasteiger partial charge in [0.15, 0.2) is 0 Å². The molecule has 0 fully saturated rings. The second-order valence-corrected chi connectivity index (χ2v) is 5.71. The van der Waals surface area contributed by atoms with E-state index in [2.05, 4.69) is 29.3 Å². The minimum atomic E-state index is -0.0979. The largest absolute Gasteiger partial charge is 0.354 e. The van der Waals surface area contributed by atoms with Crippen LogP contribution in [0.15, 0.2) is 36.9 Å². The monoisotopic (exact) mass is 276 g/mol. The number of carbonyl (C=O) groups excluding carboxylic acids is 1. The van der Waals surface area contributed by atoms with Crippen molar-refractivity contribution >= 4 is 17.7 Å². The third-order valence-electron chi connectivity index (χ3n) is 3.18. The number of rotatable bonds is 6. The first kappa shape index (κ1) is 14.2. The van der Waals surface area contributed by atoms with Crippen molar-refractivity contribution < 1.29 is 4.79 Å². The van der Waals surface area contributed by atoms with Crippen LogP contribution in [0.4, 0.5) is 0 Å². The van der Waals surface area contributed by atoms with E-state index in [1.165, 1.54) is 11.1 Å². The van der Waals surface area contributed by atoms with E-state index in [0.717, 1.165) is 31.0 Å². The van der Waals surface area contributed by atoms with Crippen LogP contribution in [0.5, 0.6) is 0 Å². The minimum absolute atomic E-state index is 0.0979. The molecule has 0 aliphatic carbocycles. The van der Waals surface area contributed by atoms with Crippen molar-refractivity contribution in [2.24, 2.45) is 0 Å². The van der Waals surface area contributed by atoms with Crippen molar-refractivity contribution in [3.05, 3.63) is 48.0 Å². The second-order valence-electron chi connectivity index (χ2n) is 4.56. The summed E-state index contributed by atoms with van der Waals surface area (Å²) in [5, 5.41) is 6.28. The Bertz CT molecular complexity index is 448. The molecule has 19 heavy (non-hydrogen) atoms. The van der Waals surface area contributed by atoms with E-state index in [4.69, 9.17) is 0 Å². The molecule has 0 spiro atoms. The van der Waals surface area contributed by atoms with Crippen LogP contribution >= 0.6 is 11.8 Å². The molecule has 0 unspecified atom stereocenters. The Morgan fingerprint density at radius 3 is 3.05 bits per heavy atom. The maximum atomic E-state index is 12.0. The van der Waals surface area contributed by atoms with Crippen molar-refractivity contribution in [1.82, 2.24) is 10.6 Å². The topological polar surface area (TPSA) is 41.1 Å². The van der Waals surface area contributed by atoms with E-state index < -0.39 is 0 Å². The molecule has 1 atom stereocenters. The Labute approximate surface area is 118 Å². The fourth-order valence-corrected chi connectivity index (χ4v) is 2.76. The van der Waals surface area contributed by atoms with Gasteiger partial charge < -0.3 is 10.6 Å². The van der Waals surface area contributed by atoms with Gasteiger partial charge in [0.1, 0.15) is 0 Å². The Hall–Kier alpha value is -1.26. The molecule has 1 aromatic carbocycles. The summed E-state index contributed by atoms with van der Waals surface area (Å²) in [5.41, 5.74) is 2.58. The zero-order chi connectivity index (χ0) is 13.5. The van der Waals surface area contributed by atoms with Crippen LogP contribution in [0.2, 0.25) is 0 Å². The van der Waals surface area contributed by atoms with E-state index in [-0.39, 0.29) is 11.9 Å². The van der Waals surface area contributed by atoms with Crippen LogP contribution in [0.25, 0.3) is 0 Å². The Kier molecular flexibility index (Phi) is 5.48. The molecule has 2 rings (SSSR count). The first-order valence-electron chi connectivity index (χ1n) is 6.58. The highest BCUT2D eigenvalue weighted by atomic mass is 32.2. The number of nitrogens with one attached hydrogen (secondary N) is 2. The molecule has 0 radical (unpaired) electrons. The highest BCUT2D eigenvalue weighted by molar-refractivity contribution is 7.99. The van der Waals surface area contributed by atoms with Gasteiger partial charge in [0.05, 0.1) is 6.04 Å². The summed E-state index contributed by atoms with van der Waals surface area (Å²) in [6.45, 7) is 5.17. The molecule has 0 saturated heterocycles. The lowest BCUT2D eigenvalue weighted by Gasteiger charge is -2.25. The Morgan fingerprint density at radius 1 is 1.47 bits per heavy atom. The molecule has 0 aromatic heterocycles. The smallest absolute Gasteiger partial charge is 0.237 e. The molecule has 2 N–H and O–H groups in total. The summed E-state index contributed by atoms with van der Waals surface area (Å²) in [4.78, 5) is 12.0. The van der Waals surface area contributed by atoms with Gasteiger partial charge >= 0.3 is 0 Å². The molecule has 0 saturated carbocycles. The lowest BCUT2D eigenvalue weighted by Crippen LogP contribution is -2.48. The molecule has 1 heterocycles. The summed E-state index contributed by atoms with van der Waals surface area (Å²) >= 11 is 1.78. The average Bonchev–Trinajstić information content (AvgIpc) is 2.46. The Balaban J connectivity index is 1.77. The molecular weight excluding hydrogens is 256 g/mol. The van der Waals surface area contributed by atoms with Crippen LogP contribution < -0.4 is 10.6 Å². The average molecular weight is 276 g/mol. The van der Waals surface area contributed by atoms with E-state index in [0.29, 0.717) is 0 Å².